The van der Waals surface area contributed by atoms with E-state index >= 15 is 0 Å². The summed E-state index contributed by atoms with van der Waals surface area (Å²) in [5, 5.41) is 0.980. The third-order valence-electron chi connectivity index (χ3n) is 4.49. The largest absolute Gasteiger partial charge is 0.334 e. The number of fused-ring (bicyclic) bond motifs is 1. The van der Waals surface area contributed by atoms with E-state index in [1.165, 1.54) is 0 Å². The molecule has 0 fully saturated rings. The number of benzene rings is 2. The molecule has 25 heavy (non-hydrogen) atoms. The first-order valence-electron chi connectivity index (χ1n) is 8.47. The molecule has 1 amide bonds. The van der Waals surface area contributed by atoms with E-state index in [0.717, 1.165) is 22.0 Å². The van der Waals surface area contributed by atoms with Gasteiger partial charge in [0.1, 0.15) is 0 Å². The maximum absolute atomic E-state index is 12.7. The molecule has 128 valence electrons. The van der Waals surface area contributed by atoms with Gasteiger partial charge in [0.25, 0.3) is 11.5 Å². The molecule has 1 heterocycles. The van der Waals surface area contributed by atoms with Crippen LogP contribution in [0.5, 0.6) is 0 Å². The van der Waals surface area contributed by atoms with Crippen LogP contribution in [-0.2, 0) is 6.54 Å². The number of nitrogens with one attached hydrogen (secondary N) is 1. The van der Waals surface area contributed by atoms with Gasteiger partial charge in [-0.2, -0.15) is 0 Å². The minimum absolute atomic E-state index is 0.0637. The van der Waals surface area contributed by atoms with E-state index in [1.807, 2.05) is 69.3 Å². The maximum atomic E-state index is 12.7. The van der Waals surface area contributed by atoms with E-state index in [-0.39, 0.29) is 11.5 Å². The van der Waals surface area contributed by atoms with E-state index < -0.39 is 0 Å². The molecule has 1 aromatic heterocycles. The van der Waals surface area contributed by atoms with Crippen LogP contribution in [0.3, 0.4) is 0 Å². The van der Waals surface area contributed by atoms with Gasteiger partial charge in [0, 0.05) is 17.7 Å². The second kappa shape index (κ2) is 6.93. The van der Waals surface area contributed by atoms with E-state index in [1.54, 1.807) is 4.90 Å². The van der Waals surface area contributed by atoms with Crippen molar-refractivity contribution < 1.29 is 4.79 Å². The summed E-state index contributed by atoms with van der Waals surface area (Å²) in [6, 6.07) is 15.3. The zero-order valence-electron chi connectivity index (χ0n) is 14.8. The normalized spacial score (nSPS) is 10.8. The molecule has 0 unspecified atom stereocenters. The topological polar surface area (TPSA) is 53.2 Å². The van der Waals surface area contributed by atoms with Crippen molar-refractivity contribution in [2.45, 2.75) is 27.3 Å². The summed E-state index contributed by atoms with van der Waals surface area (Å²) < 4.78 is 0. The van der Waals surface area contributed by atoms with Crippen molar-refractivity contribution in [1.82, 2.24) is 9.88 Å². The third kappa shape index (κ3) is 3.48. The monoisotopic (exact) mass is 334 g/mol. The van der Waals surface area contributed by atoms with Gasteiger partial charge in [0.15, 0.2) is 0 Å². The number of para-hydroxylation sites is 1. The van der Waals surface area contributed by atoms with Crippen molar-refractivity contribution in [3.05, 3.63) is 81.1 Å². The van der Waals surface area contributed by atoms with Crippen molar-refractivity contribution >= 4 is 16.8 Å². The van der Waals surface area contributed by atoms with E-state index in [2.05, 4.69) is 4.98 Å². The number of hydrogen-bond donors (Lipinski definition) is 1. The SMILES string of the molecule is CCN(Cc1cc2cccc(C)c2[nH]c1=O)C(=O)c1ccc(C)cc1. The Kier molecular flexibility index (Phi) is 4.70. The predicted molar refractivity (Wildman–Crippen MR) is 101 cm³/mol. The van der Waals surface area contributed by atoms with Gasteiger partial charge in [-0.05, 0) is 49.9 Å². The first-order valence-corrected chi connectivity index (χ1v) is 8.47. The number of carbonyl (C=O) groups excluding carboxylic acids is 1. The fraction of sp³-hybridized carbons (Fsp3) is 0.238. The number of hydrogen-bond acceptors (Lipinski definition) is 2. The molecule has 0 aliphatic carbocycles. The Labute approximate surface area is 147 Å². The van der Waals surface area contributed by atoms with Crippen LogP contribution < -0.4 is 5.56 Å². The van der Waals surface area contributed by atoms with Gasteiger partial charge in [-0.3, -0.25) is 9.59 Å². The lowest BCUT2D eigenvalue weighted by Gasteiger charge is -2.21. The molecule has 1 N–H and O–H groups in total. The van der Waals surface area contributed by atoms with Crippen LogP contribution >= 0.6 is 0 Å². The molecule has 3 aromatic rings. The van der Waals surface area contributed by atoms with Gasteiger partial charge in [-0.15, -0.1) is 0 Å². The molecule has 0 saturated carbocycles. The van der Waals surface area contributed by atoms with Crippen molar-refractivity contribution in [3.8, 4) is 0 Å². The number of amides is 1. The molecule has 0 aliphatic rings. The minimum Gasteiger partial charge on any atom is -0.334 e. The lowest BCUT2D eigenvalue weighted by Crippen LogP contribution is -2.32. The third-order valence-corrected chi connectivity index (χ3v) is 4.49. The maximum Gasteiger partial charge on any atom is 0.254 e. The second-order valence-corrected chi connectivity index (χ2v) is 6.35. The zero-order valence-corrected chi connectivity index (χ0v) is 14.8. The quantitative estimate of drug-likeness (QED) is 0.789. The van der Waals surface area contributed by atoms with Gasteiger partial charge in [-0.25, -0.2) is 0 Å². The highest BCUT2D eigenvalue weighted by molar-refractivity contribution is 5.94. The Bertz CT molecular complexity index is 971. The lowest BCUT2D eigenvalue weighted by atomic mass is 10.1. The Hall–Kier alpha value is -2.88. The zero-order chi connectivity index (χ0) is 18.0. The molecule has 0 spiro atoms. The molecule has 0 atom stereocenters. The molecule has 0 radical (unpaired) electrons. The lowest BCUT2D eigenvalue weighted by molar-refractivity contribution is 0.0752. The number of pyridine rings is 1. The molecule has 3 rings (SSSR count). The molecule has 4 heteroatoms. The highest BCUT2D eigenvalue weighted by Gasteiger charge is 2.16. The van der Waals surface area contributed by atoms with E-state index in [9.17, 15) is 9.59 Å². The summed E-state index contributed by atoms with van der Waals surface area (Å²) in [5.74, 6) is -0.0637. The van der Waals surface area contributed by atoms with Crippen LogP contribution in [-0.4, -0.2) is 22.3 Å². The average Bonchev–Trinajstić information content (AvgIpc) is 2.61. The Morgan fingerprint density at radius 1 is 1.08 bits per heavy atom. The number of aryl methyl sites for hydroxylation is 2. The summed E-state index contributed by atoms with van der Waals surface area (Å²) in [7, 11) is 0. The van der Waals surface area contributed by atoms with Crippen molar-refractivity contribution in [2.24, 2.45) is 0 Å². The predicted octanol–water partition coefficient (Wildman–Crippen LogP) is 3.81. The molecule has 2 aromatic carbocycles. The fourth-order valence-electron chi connectivity index (χ4n) is 2.96. The van der Waals surface area contributed by atoms with Crippen molar-refractivity contribution in [1.29, 1.82) is 0 Å². The molecule has 0 saturated heterocycles. The summed E-state index contributed by atoms with van der Waals surface area (Å²) in [5.41, 5.74) is 4.09. The molecule has 4 nitrogen and oxygen atoms in total. The first kappa shape index (κ1) is 17.0. The Balaban J connectivity index is 1.92. The number of H-pyrrole nitrogens is 1. The summed E-state index contributed by atoms with van der Waals surface area (Å²) in [6.45, 7) is 6.71. The summed E-state index contributed by atoms with van der Waals surface area (Å²) in [6.07, 6.45) is 0. The fourth-order valence-corrected chi connectivity index (χ4v) is 2.96. The molecular weight excluding hydrogens is 312 g/mol. The number of aromatic amines is 1. The highest BCUT2D eigenvalue weighted by Crippen LogP contribution is 2.16. The van der Waals surface area contributed by atoms with Crippen LogP contribution in [0.15, 0.2) is 53.3 Å². The van der Waals surface area contributed by atoms with Crippen LogP contribution in [0.2, 0.25) is 0 Å². The number of nitrogens with zero attached hydrogens (tertiary/aromatic N) is 1. The van der Waals surface area contributed by atoms with E-state index in [4.69, 9.17) is 0 Å². The van der Waals surface area contributed by atoms with Gasteiger partial charge in [0.05, 0.1) is 12.1 Å². The van der Waals surface area contributed by atoms with Crippen molar-refractivity contribution in [2.75, 3.05) is 6.54 Å². The Morgan fingerprint density at radius 2 is 1.80 bits per heavy atom. The molecule has 0 aliphatic heterocycles. The molecular formula is C21H22N2O2. The van der Waals surface area contributed by atoms with E-state index in [0.29, 0.717) is 24.2 Å². The summed E-state index contributed by atoms with van der Waals surface area (Å²) >= 11 is 0. The van der Waals surface area contributed by atoms with Crippen LogP contribution in [0.4, 0.5) is 0 Å². The van der Waals surface area contributed by atoms with Gasteiger partial charge < -0.3 is 9.88 Å². The molecule has 0 bridgehead atoms. The van der Waals surface area contributed by atoms with Crippen LogP contribution in [0, 0.1) is 13.8 Å². The Morgan fingerprint density at radius 3 is 2.48 bits per heavy atom. The number of aromatic nitrogens is 1. The van der Waals surface area contributed by atoms with Crippen molar-refractivity contribution in [3.63, 3.8) is 0 Å². The van der Waals surface area contributed by atoms with Gasteiger partial charge >= 0.3 is 0 Å². The second-order valence-electron chi connectivity index (χ2n) is 6.35. The van der Waals surface area contributed by atoms with Gasteiger partial charge in [0.2, 0.25) is 0 Å². The average molecular weight is 334 g/mol. The van der Waals surface area contributed by atoms with Crippen LogP contribution in [0.25, 0.3) is 10.9 Å². The standard InChI is InChI=1S/C21H22N2O2/c1-4-23(21(25)16-10-8-14(2)9-11-16)13-18-12-17-7-5-6-15(3)19(17)22-20(18)24/h5-12H,4,13H2,1-3H3,(H,22,24). The summed E-state index contributed by atoms with van der Waals surface area (Å²) in [4.78, 5) is 29.8. The van der Waals surface area contributed by atoms with Crippen LogP contribution in [0.1, 0.15) is 34.0 Å². The first-order chi connectivity index (χ1) is 12.0. The highest BCUT2D eigenvalue weighted by atomic mass is 16.2. The van der Waals surface area contributed by atoms with Gasteiger partial charge in [-0.1, -0.05) is 35.9 Å². The smallest absolute Gasteiger partial charge is 0.254 e. The number of rotatable bonds is 4. The number of carbonyl (C=O) groups is 1. The minimum atomic E-state index is -0.142.